The zero-order valence-electron chi connectivity index (χ0n) is 15.1. The van der Waals surface area contributed by atoms with Gasteiger partial charge in [-0.15, -0.1) is 11.3 Å². The Morgan fingerprint density at radius 1 is 0.963 bits per heavy atom. The van der Waals surface area contributed by atoms with Gasteiger partial charge in [0.2, 0.25) is 0 Å². The van der Waals surface area contributed by atoms with Crippen LogP contribution in [0.1, 0.15) is 16.0 Å². The van der Waals surface area contributed by atoms with E-state index < -0.39 is 0 Å². The van der Waals surface area contributed by atoms with Gasteiger partial charge in [0.15, 0.2) is 0 Å². The fraction of sp³-hybridized carbons (Fsp3) is 0.0909. The molecular weight excluding hydrogens is 354 g/mol. The number of nitrogens with one attached hydrogen (secondary N) is 1. The van der Waals surface area contributed by atoms with Gasteiger partial charge >= 0.3 is 0 Å². The van der Waals surface area contributed by atoms with Crippen molar-refractivity contribution in [2.45, 2.75) is 13.8 Å². The lowest BCUT2D eigenvalue weighted by atomic mass is 9.94. The van der Waals surface area contributed by atoms with Crippen molar-refractivity contribution in [2.75, 3.05) is 5.43 Å². The monoisotopic (exact) mass is 373 g/mol. The van der Waals surface area contributed by atoms with E-state index in [-0.39, 0.29) is 0 Å². The fourth-order valence-electron chi connectivity index (χ4n) is 2.97. The maximum absolute atomic E-state index is 5.07. The van der Waals surface area contributed by atoms with E-state index in [4.69, 9.17) is 4.52 Å². The van der Waals surface area contributed by atoms with Gasteiger partial charge in [-0.25, -0.2) is 0 Å². The molecular formula is C22H19N3OS. The second kappa shape index (κ2) is 7.60. The van der Waals surface area contributed by atoms with E-state index in [1.165, 1.54) is 16.7 Å². The van der Waals surface area contributed by atoms with E-state index >= 15 is 0 Å². The van der Waals surface area contributed by atoms with Crippen LogP contribution in [-0.2, 0) is 0 Å². The van der Waals surface area contributed by atoms with E-state index in [1.54, 1.807) is 17.6 Å². The van der Waals surface area contributed by atoms with Crippen molar-refractivity contribution in [3.8, 4) is 22.4 Å². The van der Waals surface area contributed by atoms with Gasteiger partial charge in [-0.1, -0.05) is 35.5 Å². The van der Waals surface area contributed by atoms with E-state index in [9.17, 15) is 0 Å². The highest BCUT2D eigenvalue weighted by Gasteiger charge is 2.12. The van der Waals surface area contributed by atoms with Gasteiger partial charge in [0.25, 0.3) is 0 Å². The molecule has 0 saturated heterocycles. The maximum Gasteiger partial charge on any atom is 0.124 e. The summed E-state index contributed by atoms with van der Waals surface area (Å²) in [5.41, 5.74) is 10.6. The first-order chi connectivity index (χ1) is 13.2. The first-order valence-electron chi connectivity index (χ1n) is 8.66. The Morgan fingerprint density at radius 3 is 2.59 bits per heavy atom. The molecule has 0 fully saturated rings. The summed E-state index contributed by atoms with van der Waals surface area (Å²) in [6.07, 6.45) is 3.44. The van der Waals surface area contributed by atoms with Crippen molar-refractivity contribution in [1.82, 2.24) is 5.16 Å². The van der Waals surface area contributed by atoms with Crippen molar-refractivity contribution in [1.29, 1.82) is 0 Å². The molecule has 27 heavy (non-hydrogen) atoms. The molecule has 4 nitrogen and oxygen atoms in total. The number of nitrogens with zero attached hydrogens (tertiary/aromatic N) is 2. The summed E-state index contributed by atoms with van der Waals surface area (Å²) < 4.78 is 5.07. The summed E-state index contributed by atoms with van der Waals surface area (Å²) in [5.74, 6) is 0. The van der Waals surface area contributed by atoms with Crippen LogP contribution in [0.3, 0.4) is 0 Å². The average molecular weight is 373 g/mol. The van der Waals surface area contributed by atoms with Gasteiger partial charge < -0.3 is 4.52 Å². The van der Waals surface area contributed by atoms with Gasteiger partial charge in [-0.2, -0.15) is 5.10 Å². The summed E-state index contributed by atoms with van der Waals surface area (Å²) in [6, 6.07) is 18.5. The third-order valence-corrected chi connectivity index (χ3v) is 5.40. The van der Waals surface area contributed by atoms with E-state index in [0.717, 1.165) is 27.4 Å². The number of anilines is 1. The minimum atomic E-state index is 0.801. The van der Waals surface area contributed by atoms with Gasteiger partial charge in [0.05, 0.1) is 11.9 Å². The molecule has 0 spiro atoms. The number of hydrogen-bond acceptors (Lipinski definition) is 5. The van der Waals surface area contributed by atoms with Crippen LogP contribution < -0.4 is 5.43 Å². The minimum absolute atomic E-state index is 0.801. The van der Waals surface area contributed by atoms with Gasteiger partial charge in [-0.3, -0.25) is 5.43 Å². The number of hydrazone groups is 1. The maximum atomic E-state index is 5.07. The van der Waals surface area contributed by atoms with Crippen molar-refractivity contribution in [2.24, 2.45) is 5.10 Å². The Hall–Kier alpha value is -3.18. The molecule has 4 rings (SSSR count). The number of aromatic nitrogens is 1. The third kappa shape index (κ3) is 3.68. The summed E-state index contributed by atoms with van der Waals surface area (Å²) in [4.78, 5) is 1.15. The summed E-state index contributed by atoms with van der Waals surface area (Å²) in [6.45, 7) is 4.19. The first-order valence-corrected chi connectivity index (χ1v) is 9.54. The highest BCUT2D eigenvalue weighted by molar-refractivity contribution is 7.11. The van der Waals surface area contributed by atoms with Crippen LogP contribution in [0.15, 0.2) is 75.9 Å². The number of hydrogen-bond donors (Lipinski definition) is 1. The molecule has 4 aromatic rings. The van der Waals surface area contributed by atoms with Crippen molar-refractivity contribution in [3.63, 3.8) is 0 Å². The molecule has 0 aliphatic rings. The molecule has 2 aromatic heterocycles. The molecule has 0 atom stereocenters. The zero-order valence-corrected chi connectivity index (χ0v) is 16.0. The van der Waals surface area contributed by atoms with Crippen LogP contribution in [0.25, 0.3) is 22.4 Å². The number of thiophene rings is 1. The Balaban J connectivity index is 1.69. The normalized spacial score (nSPS) is 11.2. The molecule has 0 saturated carbocycles. The first kappa shape index (κ1) is 17.2. The largest absolute Gasteiger partial charge is 0.364 e. The number of aryl methyl sites for hydroxylation is 2. The van der Waals surface area contributed by atoms with Crippen LogP contribution in [0.4, 0.5) is 5.69 Å². The van der Waals surface area contributed by atoms with Crippen LogP contribution in [0, 0.1) is 13.8 Å². The number of benzene rings is 2. The van der Waals surface area contributed by atoms with E-state index in [2.05, 4.69) is 71.3 Å². The van der Waals surface area contributed by atoms with Gasteiger partial charge in [0.1, 0.15) is 12.0 Å². The molecule has 0 bridgehead atoms. The second-order valence-electron chi connectivity index (χ2n) is 6.30. The van der Waals surface area contributed by atoms with Crippen LogP contribution >= 0.6 is 11.3 Å². The van der Waals surface area contributed by atoms with Crippen LogP contribution in [0.5, 0.6) is 0 Å². The fourth-order valence-corrected chi connectivity index (χ4v) is 3.76. The molecule has 1 N–H and O–H groups in total. The summed E-state index contributed by atoms with van der Waals surface area (Å²) in [5, 5.41) is 10.6. The van der Waals surface area contributed by atoms with Crippen molar-refractivity contribution < 1.29 is 4.52 Å². The Kier molecular flexibility index (Phi) is 4.85. The van der Waals surface area contributed by atoms with Crippen LogP contribution in [-0.4, -0.2) is 11.4 Å². The second-order valence-corrected chi connectivity index (χ2v) is 7.25. The lowest BCUT2D eigenvalue weighted by Gasteiger charge is -2.12. The van der Waals surface area contributed by atoms with E-state index in [1.807, 2.05) is 24.4 Å². The average Bonchev–Trinajstić information content (AvgIpc) is 3.35. The molecule has 0 radical (unpaired) electrons. The lowest BCUT2D eigenvalue weighted by Crippen LogP contribution is -1.93. The highest BCUT2D eigenvalue weighted by atomic mass is 32.1. The standard InChI is InChI=1S/C22H19N3OS/c1-15-5-3-4-6-18(15)19-8-7-17(13-20(19)21-9-11-26-25-21)24-23-14-22-16(2)10-12-27-22/h3-14,24H,1-2H3. The molecule has 2 aromatic carbocycles. The van der Waals surface area contributed by atoms with Gasteiger partial charge in [-0.05, 0) is 59.7 Å². The molecule has 0 amide bonds. The van der Waals surface area contributed by atoms with Crippen LogP contribution in [0.2, 0.25) is 0 Å². The zero-order chi connectivity index (χ0) is 18.6. The smallest absolute Gasteiger partial charge is 0.124 e. The minimum Gasteiger partial charge on any atom is -0.364 e. The third-order valence-electron chi connectivity index (χ3n) is 4.45. The molecule has 2 heterocycles. The lowest BCUT2D eigenvalue weighted by molar-refractivity contribution is 0.422. The Morgan fingerprint density at radius 2 is 1.85 bits per heavy atom. The SMILES string of the molecule is Cc1ccccc1-c1ccc(NN=Cc2sccc2C)cc1-c1ccon1. The van der Waals surface area contributed by atoms with E-state index in [0.29, 0.717) is 0 Å². The predicted octanol–water partition coefficient (Wildman–Crippen LogP) is 6.13. The Labute approximate surface area is 162 Å². The molecule has 5 heteroatoms. The van der Waals surface area contributed by atoms with Gasteiger partial charge in [0, 0.05) is 16.5 Å². The molecule has 0 unspecified atom stereocenters. The Bertz CT molecular complexity index is 1080. The molecule has 0 aliphatic heterocycles. The van der Waals surface area contributed by atoms with Crippen molar-refractivity contribution >= 4 is 23.2 Å². The predicted molar refractivity (Wildman–Crippen MR) is 112 cm³/mol. The summed E-state index contributed by atoms with van der Waals surface area (Å²) >= 11 is 1.68. The van der Waals surface area contributed by atoms with Crippen molar-refractivity contribution in [3.05, 3.63) is 82.2 Å². The molecule has 134 valence electrons. The summed E-state index contributed by atoms with van der Waals surface area (Å²) in [7, 11) is 0. The number of rotatable bonds is 5. The topological polar surface area (TPSA) is 50.4 Å². The highest BCUT2D eigenvalue weighted by Crippen LogP contribution is 2.35. The quantitative estimate of drug-likeness (QED) is 0.338. The molecule has 0 aliphatic carbocycles.